The van der Waals surface area contributed by atoms with Crippen LogP contribution in [0.15, 0.2) is 0 Å². The van der Waals surface area contributed by atoms with Gasteiger partial charge in [-0.05, 0) is 24.2 Å². The summed E-state index contributed by atoms with van der Waals surface area (Å²) >= 11 is 0. The number of sulfone groups is 1. The van der Waals surface area contributed by atoms with Gasteiger partial charge in [-0.3, -0.25) is 0 Å². The first-order valence-corrected chi connectivity index (χ1v) is 6.37. The molecule has 0 aromatic heterocycles. The summed E-state index contributed by atoms with van der Waals surface area (Å²) in [5.74, 6) is 0.859. The largest absolute Gasteiger partial charge is 0.229 e. The summed E-state index contributed by atoms with van der Waals surface area (Å²) in [6.45, 7) is 4.20. The third-order valence-corrected chi connectivity index (χ3v) is 6.12. The highest BCUT2D eigenvalue weighted by molar-refractivity contribution is 7.92. The first kappa shape index (κ1) is 8.54. The first-order valence-electron chi connectivity index (χ1n) is 4.65. The molecule has 3 heteroatoms. The Labute approximate surface area is 74.3 Å². The van der Waals surface area contributed by atoms with E-state index in [9.17, 15) is 8.42 Å². The van der Waals surface area contributed by atoms with Crippen LogP contribution in [0.1, 0.15) is 33.1 Å². The van der Waals surface area contributed by atoms with E-state index in [1.807, 2.05) is 0 Å². The predicted octanol–water partition coefficient (Wildman–Crippen LogP) is 1.61. The molecule has 0 aromatic carbocycles. The van der Waals surface area contributed by atoms with Gasteiger partial charge in [0.25, 0.3) is 0 Å². The number of rotatable bonds is 0. The normalized spacial score (nSPS) is 42.8. The molecule has 70 valence electrons. The number of hydrogen-bond acceptors (Lipinski definition) is 2. The summed E-state index contributed by atoms with van der Waals surface area (Å²) in [5, 5.41) is 0.00694. The third-order valence-electron chi connectivity index (χ3n) is 3.49. The highest BCUT2D eigenvalue weighted by Gasteiger charge is 2.53. The highest BCUT2D eigenvalue weighted by atomic mass is 32.2. The Bertz CT molecular complexity index is 290. The molecule has 0 amide bonds. The van der Waals surface area contributed by atoms with Crippen LogP contribution in [-0.2, 0) is 9.84 Å². The molecule has 12 heavy (non-hydrogen) atoms. The van der Waals surface area contributed by atoms with Crippen molar-refractivity contribution in [3.63, 3.8) is 0 Å². The second-order valence-corrected chi connectivity index (χ2v) is 7.09. The summed E-state index contributed by atoms with van der Waals surface area (Å²) in [5.41, 5.74) is 0.0417. The standard InChI is InChI=1S/C9H16O2S/c1-9(2)6-12(10,11)8-5-3-4-7(8)9/h7-8H,3-6H2,1-2H3. The van der Waals surface area contributed by atoms with E-state index < -0.39 is 9.84 Å². The van der Waals surface area contributed by atoms with Gasteiger partial charge >= 0.3 is 0 Å². The van der Waals surface area contributed by atoms with Crippen LogP contribution < -0.4 is 0 Å². The minimum absolute atomic E-state index is 0.00694. The van der Waals surface area contributed by atoms with Gasteiger partial charge in [0.2, 0.25) is 0 Å². The summed E-state index contributed by atoms with van der Waals surface area (Å²) < 4.78 is 23.3. The van der Waals surface area contributed by atoms with E-state index in [0.717, 1.165) is 19.3 Å². The third kappa shape index (κ3) is 1.02. The average molecular weight is 188 g/mol. The molecule has 0 spiro atoms. The molecular formula is C9H16O2S. The lowest BCUT2D eigenvalue weighted by Gasteiger charge is -2.23. The van der Waals surface area contributed by atoms with Crippen molar-refractivity contribution in [2.45, 2.75) is 38.4 Å². The smallest absolute Gasteiger partial charge is 0.153 e. The predicted molar refractivity (Wildman–Crippen MR) is 48.7 cm³/mol. The summed E-state index contributed by atoms with van der Waals surface area (Å²) in [4.78, 5) is 0. The Hall–Kier alpha value is -0.0500. The molecule has 1 saturated heterocycles. The molecule has 2 nitrogen and oxygen atoms in total. The molecule has 2 atom stereocenters. The molecule has 2 aliphatic rings. The maximum Gasteiger partial charge on any atom is 0.153 e. The average Bonchev–Trinajstić information content (AvgIpc) is 2.34. The lowest BCUT2D eigenvalue weighted by atomic mass is 9.80. The Morgan fingerprint density at radius 1 is 1.25 bits per heavy atom. The van der Waals surface area contributed by atoms with Gasteiger partial charge < -0.3 is 0 Å². The van der Waals surface area contributed by atoms with E-state index in [1.165, 1.54) is 0 Å². The van der Waals surface area contributed by atoms with Crippen LogP contribution in [0.3, 0.4) is 0 Å². The SMILES string of the molecule is CC1(C)CS(=O)(=O)C2CCCC21. The maximum atomic E-state index is 11.7. The highest BCUT2D eigenvalue weighted by Crippen LogP contribution is 2.49. The molecule has 0 N–H and O–H groups in total. The summed E-state index contributed by atoms with van der Waals surface area (Å²) in [6, 6.07) is 0. The Balaban J connectivity index is 2.42. The van der Waals surface area contributed by atoms with Gasteiger partial charge in [-0.2, -0.15) is 0 Å². The summed E-state index contributed by atoms with van der Waals surface area (Å²) in [6.07, 6.45) is 3.14. The molecule has 1 saturated carbocycles. The Morgan fingerprint density at radius 3 is 2.50 bits per heavy atom. The molecular weight excluding hydrogens is 172 g/mol. The zero-order valence-corrected chi connectivity index (χ0v) is 8.52. The van der Waals surface area contributed by atoms with Crippen LogP contribution in [0, 0.1) is 11.3 Å². The Kier molecular flexibility index (Phi) is 1.60. The van der Waals surface area contributed by atoms with Crippen LogP contribution in [-0.4, -0.2) is 19.4 Å². The van der Waals surface area contributed by atoms with Crippen molar-refractivity contribution in [1.82, 2.24) is 0 Å². The van der Waals surface area contributed by atoms with Crippen molar-refractivity contribution in [1.29, 1.82) is 0 Å². The maximum absolute atomic E-state index is 11.7. The van der Waals surface area contributed by atoms with Crippen molar-refractivity contribution in [2.24, 2.45) is 11.3 Å². The van der Waals surface area contributed by atoms with E-state index in [4.69, 9.17) is 0 Å². The quantitative estimate of drug-likeness (QED) is 0.579. The lowest BCUT2D eigenvalue weighted by molar-refractivity contribution is 0.277. The van der Waals surface area contributed by atoms with Gasteiger partial charge in [0.15, 0.2) is 9.84 Å². The number of hydrogen-bond donors (Lipinski definition) is 0. The van der Waals surface area contributed by atoms with Crippen LogP contribution in [0.25, 0.3) is 0 Å². The summed E-state index contributed by atoms with van der Waals surface area (Å²) in [7, 11) is -2.73. The van der Waals surface area contributed by atoms with Gasteiger partial charge in [0, 0.05) is 0 Å². The first-order chi connectivity index (χ1) is 5.43. The van der Waals surface area contributed by atoms with Crippen molar-refractivity contribution in [3.05, 3.63) is 0 Å². The zero-order chi connectivity index (χ0) is 8.98. The van der Waals surface area contributed by atoms with Gasteiger partial charge in [0.1, 0.15) is 0 Å². The lowest BCUT2D eigenvalue weighted by Crippen LogP contribution is -2.22. The molecule has 2 rings (SSSR count). The van der Waals surface area contributed by atoms with E-state index in [1.54, 1.807) is 0 Å². The van der Waals surface area contributed by atoms with Crippen LogP contribution in [0.2, 0.25) is 0 Å². The monoisotopic (exact) mass is 188 g/mol. The van der Waals surface area contributed by atoms with E-state index >= 15 is 0 Å². The molecule has 0 bridgehead atoms. The fraction of sp³-hybridized carbons (Fsp3) is 1.00. The van der Waals surface area contributed by atoms with Gasteiger partial charge in [-0.15, -0.1) is 0 Å². The van der Waals surface area contributed by atoms with Crippen LogP contribution >= 0.6 is 0 Å². The molecule has 0 aromatic rings. The van der Waals surface area contributed by atoms with Gasteiger partial charge in [-0.1, -0.05) is 20.3 Å². The van der Waals surface area contributed by atoms with Crippen molar-refractivity contribution >= 4 is 9.84 Å². The van der Waals surface area contributed by atoms with Crippen molar-refractivity contribution < 1.29 is 8.42 Å². The van der Waals surface area contributed by atoms with Gasteiger partial charge in [-0.25, -0.2) is 8.42 Å². The zero-order valence-electron chi connectivity index (χ0n) is 7.71. The number of fused-ring (bicyclic) bond motifs is 1. The van der Waals surface area contributed by atoms with E-state index in [2.05, 4.69) is 13.8 Å². The minimum Gasteiger partial charge on any atom is -0.229 e. The fourth-order valence-electron chi connectivity index (χ4n) is 2.98. The molecule has 1 aliphatic carbocycles. The molecule has 0 radical (unpaired) electrons. The molecule has 1 heterocycles. The topological polar surface area (TPSA) is 34.1 Å². The van der Waals surface area contributed by atoms with Crippen LogP contribution in [0.5, 0.6) is 0 Å². The minimum atomic E-state index is -2.73. The van der Waals surface area contributed by atoms with Crippen molar-refractivity contribution in [2.75, 3.05) is 5.75 Å². The molecule has 2 unspecified atom stereocenters. The van der Waals surface area contributed by atoms with Gasteiger partial charge in [0.05, 0.1) is 11.0 Å². The second-order valence-electron chi connectivity index (χ2n) is 4.87. The second kappa shape index (κ2) is 2.25. The molecule has 1 aliphatic heterocycles. The van der Waals surface area contributed by atoms with E-state index in [-0.39, 0.29) is 10.7 Å². The van der Waals surface area contributed by atoms with Crippen molar-refractivity contribution in [3.8, 4) is 0 Å². The Morgan fingerprint density at radius 2 is 1.92 bits per heavy atom. The van der Waals surface area contributed by atoms with Crippen LogP contribution in [0.4, 0.5) is 0 Å². The van der Waals surface area contributed by atoms with E-state index in [0.29, 0.717) is 11.7 Å². The molecule has 2 fully saturated rings. The fourth-order valence-corrected chi connectivity index (χ4v) is 5.98.